The van der Waals surface area contributed by atoms with Crippen LogP contribution in [0.5, 0.6) is 5.88 Å². The number of nitrogens with zero attached hydrogens (tertiary/aromatic N) is 6. The van der Waals surface area contributed by atoms with Crippen LogP contribution in [0.25, 0.3) is 11.4 Å². The molecule has 0 saturated carbocycles. The van der Waals surface area contributed by atoms with Crippen molar-refractivity contribution in [1.82, 2.24) is 29.5 Å². The number of esters is 1. The van der Waals surface area contributed by atoms with Gasteiger partial charge in [0.25, 0.3) is 0 Å². The fourth-order valence-corrected chi connectivity index (χ4v) is 2.51. The van der Waals surface area contributed by atoms with Crippen molar-refractivity contribution >= 4 is 17.6 Å². The minimum Gasteiger partial charge on any atom is -0.400 e. The third-order valence-corrected chi connectivity index (χ3v) is 3.72. The van der Waals surface area contributed by atoms with Gasteiger partial charge >= 0.3 is 5.97 Å². The lowest BCUT2D eigenvalue weighted by molar-refractivity contribution is 0.0721. The quantitative estimate of drug-likeness (QED) is 0.517. The van der Waals surface area contributed by atoms with Crippen molar-refractivity contribution < 1.29 is 9.53 Å². The van der Waals surface area contributed by atoms with Gasteiger partial charge in [-0.2, -0.15) is 10.2 Å². The number of carbonyl (C=O) groups excluding carboxylic acids is 1. The minimum atomic E-state index is -0.717. The molecule has 0 aliphatic rings. The second-order valence-corrected chi connectivity index (χ2v) is 5.42. The van der Waals surface area contributed by atoms with Gasteiger partial charge in [0.15, 0.2) is 5.69 Å². The summed E-state index contributed by atoms with van der Waals surface area (Å²) in [4.78, 5) is 21.0. The number of pyridine rings is 2. The Morgan fingerprint density at radius 1 is 0.815 bits per heavy atom. The zero-order valence-corrected chi connectivity index (χ0v) is 13.9. The summed E-state index contributed by atoms with van der Waals surface area (Å²) in [7, 11) is 0. The first-order valence-electron chi connectivity index (χ1n) is 7.87. The van der Waals surface area contributed by atoms with Crippen LogP contribution in [0.4, 0.5) is 11.6 Å². The van der Waals surface area contributed by atoms with E-state index < -0.39 is 5.97 Å². The normalized spacial score (nSPS) is 10.7. The van der Waals surface area contributed by atoms with Gasteiger partial charge in [-0.05, 0) is 24.3 Å². The van der Waals surface area contributed by atoms with Crippen molar-refractivity contribution in [2.24, 2.45) is 0 Å². The molecule has 0 spiro atoms. The predicted molar refractivity (Wildman–Crippen MR) is 96.5 cm³/mol. The second-order valence-electron chi connectivity index (χ2n) is 5.42. The molecule has 0 aliphatic heterocycles. The van der Waals surface area contributed by atoms with Gasteiger partial charge in [-0.3, -0.25) is 0 Å². The fraction of sp³-hybridized carbons (Fsp3) is 0. The van der Waals surface area contributed by atoms with Gasteiger partial charge in [-0.25, -0.2) is 24.1 Å². The second kappa shape index (κ2) is 6.59. The molecule has 10 heteroatoms. The molecule has 0 radical (unpaired) electrons. The zero-order valence-electron chi connectivity index (χ0n) is 13.9. The Bertz CT molecular complexity index is 1120. The summed E-state index contributed by atoms with van der Waals surface area (Å²) in [5, 5.41) is 8.21. The molecule has 134 valence electrons. The van der Waals surface area contributed by atoms with Crippen LogP contribution in [0.1, 0.15) is 10.5 Å². The summed E-state index contributed by atoms with van der Waals surface area (Å²) >= 11 is 0. The molecule has 0 atom stereocenters. The highest BCUT2D eigenvalue weighted by molar-refractivity contribution is 5.93. The third-order valence-electron chi connectivity index (χ3n) is 3.72. The van der Waals surface area contributed by atoms with Crippen molar-refractivity contribution in [3.05, 3.63) is 66.9 Å². The molecule has 4 aromatic heterocycles. The van der Waals surface area contributed by atoms with Crippen molar-refractivity contribution in [2.75, 3.05) is 11.5 Å². The van der Waals surface area contributed by atoms with Crippen LogP contribution >= 0.6 is 0 Å². The number of hydrogen-bond donors (Lipinski definition) is 2. The van der Waals surface area contributed by atoms with Crippen molar-refractivity contribution in [1.29, 1.82) is 0 Å². The largest absolute Gasteiger partial charge is 0.400 e. The number of rotatable bonds is 4. The molecule has 4 aromatic rings. The lowest BCUT2D eigenvalue weighted by atomic mass is 10.3. The first-order chi connectivity index (χ1) is 13.1. The Balaban J connectivity index is 1.72. The van der Waals surface area contributed by atoms with Crippen LogP contribution in [0, 0.1) is 0 Å². The van der Waals surface area contributed by atoms with Gasteiger partial charge in [0.1, 0.15) is 23.0 Å². The van der Waals surface area contributed by atoms with Gasteiger partial charge in [0, 0.05) is 24.5 Å². The molecule has 0 amide bonds. The summed E-state index contributed by atoms with van der Waals surface area (Å²) < 4.78 is 8.29. The number of nitrogens with two attached hydrogens (primary N) is 2. The number of ether oxygens (including phenoxy) is 1. The minimum absolute atomic E-state index is 0.0398. The highest BCUT2D eigenvalue weighted by Gasteiger charge is 2.21. The van der Waals surface area contributed by atoms with Crippen molar-refractivity contribution in [3.63, 3.8) is 0 Å². The predicted octanol–water partition coefficient (Wildman–Crippen LogP) is 1.23. The number of carbonyl (C=O) groups is 1. The van der Waals surface area contributed by atoms with Crippen LogP contribution in [0.2, 0.25) is 0 Å². The molecule has 0 fully saturated rings. The van der Waals surface area contributed by atoms with E-state index in [1.54, 1.807) is 36.4 Å². The van der Waals surface area contributed by atoms with E-state index in [-0.39, 0.29) is 11.6 Å². The Labute approximate surface area is 153 Å². The molecular formula is C17H14N8O2. The Morgan fingerprint density at radius 2 is 1.41 bits per heavy atom. The lowest BCUT2D eigenvalue weighted by Crippen LogP contribution is -2.17. The maximum Gasteiger partial charge on any atom is 0.366 e. The van der Waals surface area contributed by atoms with Gasteiger partial charge in [0.05, 0.1) is 12.4 Å². The monoisotopic (exact) mass is 362 g/mol. The molecular weight excluding hydrogens is 348 g/mol. The van der Waals surface area contributed by atoms with E-state index in [9.17, 15) is 4.79 Å². The topological polar surface area (TPSA) is 140 Å². The van der Waals surface area contributed by atoms with Crippen LogP contribution in [0.3, 0.4) is 0 Å². The number of nitrogen functional groups attached to an aromatic ring is 2. The van der Waals surface area contributed by atoms with Crippen LogP contribution in [0.15, 0.2) is 61.2 Å². The van der Waals surface area contributed by atoms with Gasteiger partial charge in [0.2, 0.25) is 5.88 Å². The number of aromatic nitrogens is 6. The maximum absolute atomic E-state index is 12.8. The SMILES string of the molecule is Nc1ccnn1-c1cccnc1OC(=O)c1ncccc1-n1nccc1N. The molecule has 4 rings (SSSR count). The fourth-order valence-electron chi connectivity index (χ4n) is 2.51. The molecule has 0 bridgehead atoms. The van der Waals surface area contributed by atoms with E-state index in [4.69, 9.17) is 16.2 Å². The molecule has 0 aromatic carbocycles. The first kappa shape index (κ1) is 16.3. The standard InChI is InChI=1S/C17H14N8O2/c18-13-5-9-22-24(13)11-3-1-7-20-15(11)17(26)27-16-12(4-2-8-21-16)25-14(19)6-10-23-25/h1-10H,18-19H2. The molecule has 0 unspecified atom stereocenters. The smallest absolute Gasteiger partial charge is 0.366 e. The molecule has 0 saturated heterocycles. The van der Waals surface area contributed by atoms with Crippen LogP contribution < -0.4 is 16.2 Å². The molecule has 10 nitrogen and oxygen atoms in total. The average Bonchev–Trinajstić information content (AvgIpc) is 3.30. The van der Waals surface area contributed by atoms with Crippen LogP contribution in [-0.2, 0) is 0 Å². The third kappa shape index (κ3) is 2.95. The molecule has 0 aliphatic carbocycles. The first-order valence-corrected chi connectivity index (χ1v) is 7.87. The van der Waals surface area contributed by atoms with E-state index in [0.717, 1.165) is 0 Å². The Hall–Kier alpha value is -4.21. The van der Waals surface area contributed by atoms with Crippen molar-refractivity contribution in [3.8, 4) is 17.3 Å². The van der Waals surface area contributed by atoms with Crippen molar-refractivity contribution in [2.45, 2.75) is 0 Å². The summed E-state index contributed by atoms with van der Waals surface area (Å²) in [5.74, 6) is 0.0668. The molecule has 4 heterocycles. The van der Waals surface area contributed by atoms with Gasteiger partial charge < -0.3 is 16.2 Å². The molecule has 4 N–H and O–H groups in total. The zero-order chi connectivity index (χ0) is 18.8. The molecule has 27 heavy (non-hydrogen) atoms. The Morgan fingerprint density at radius 3 is 2.04 bits per heavy atom. The summed E-state index contributed by atoms with van der Waals surface area (Å²) in [5.41, 5.74) is 12.6. The van der Waals surface area contributed by atoms with E-state index in [2.05, 4.69) is 20.2 Å². The highest BCUT2D eigenvalue weighted by Crippen LogP contribution is 2.23. The lowest BCUT2D eigenvalue weighted by Gasteiger charge is -2.11. The van der Waals surface area contributed by atoms with E-state index in [1.807, 2.05) is 0 Å². The van der Waals surface area contributed by atoms with Gasteiger partial charge in [-0.1, -0.05) is 0 Å². The van der Waals surface area contributed by atoms with E-state index in [0.29, 0.717) is 23.0 Å². The van der Waals surface area contributed by atoms with Crippen LogP contribution in [-0.4, -0.2) is 35.5 Å². The van der Waals surface area contributed by atoms with E-state index in [1.165, 1.54) is 34.2 Å². The summed E-state index contributed by atoms with van der Waals surface area (Å²) in [6, 6.07) is 9.94. The highest BCUT2D eigenvalue weighted by atomic mass is 16.5. The van der Waals surface area contributed by atoms with Gasteiger partial charge in [-0.15, -0.1) is 0 Å². The Kier molecular flexibility index (Phi) is 3.97. The average molecular weight is 362 g/mol. The summed E-state index contributed by atoms with van der Waals surface area (Å²) in [6.45, 7) is 0. The number of anilines is 2. The van der Waals surface area contributed by atoms with E-state index >= 15 is 0 Å². The maximum atomic E-state index is 12.8. The summed E-state index contributed by atoms with van der Waals surface area (Å²) in [6.07, 6.45) is 6.03. The number of hydrogen-bond acceptors (Lipinski definition) is 8.